The number of methoxy groups -OCH3 is 2. The van der Waals surface area contributed by atoms with E-state index in [9.17, 15) is 9.59 Å². The van der Waals surface area contributed by atoms with Gasteiger partial charge in [-0.2, -0.15) is 0 Å². The number of benzene rings is 2. The standard InChI is InChI=1S/C20H20ClN3O4S/c1-4-17(25)24-20-22-14-6-5-11(7-16(14)29-20)8-18(26)23-19-13(21)9-12(27-2)10-15(19)28-3/h5-7,9-10H,4,8H2,1-3H3,(H,23,26)(H,22,24,25). The first-order chi connectivity index (χ1) is 13.9. The van der Waals surface area contributed by atoms with Crippen LogP contribution in [0, 0.1) is 0 Å². The lowest BCUT2D eigenvalue weighted by molar-refractivity contribution is -0.116. The molecule has 9 heteroatoms. The number of nitrogens with zero attached hydrogens (tertiary/aromatic N) is 1. The molecular weight excluding hydrogens is 414 g/mol. The van der Waals surface area contributed by atoms with Crippen molar-refractivity contribution in [3.8, 4) is 11.5 Å². The second-order valence-electron chi connectivity index (χ2n) is 6.13. The molecular formula is C20H20ClN3O4S. The van der Waals surface area contributed by atoms with E-state index >= 15 is 0 Å². The number of carbonyl (C=O) groups is 2. The number of fused-ring (bicyclic) bond motifs is 1. The van der Waals surface area contributed by atoms with E-state index in [1.165, 1.54) is 25.6 Å². The van der Waals surface area contributed by atoms with Gasteiger partial charge in [0, 0.05) is 18.6 Å². The summed E-state index contributed by atoms with van der Waals surface area (Å²) in [5, 5.41) is 6.42. The van der Waals surface area contributed by atoms with Crippen LogP contribution in [-0.2, 0) is 16.0 Å². The molecule has 0 saturated carbocycles. The van der Waals surface area contributed by atoms with Crippen LogP contribution in [0.5, 0.6) is 11.5 Å². The van der Waals surface area contributed by atoms with E-state index in [0.717, 1.165) is 15.8 Å². The molecule has 1 heterocycles. The van der Waals surface area contributed by atoms with Crippen molar-refractivity contribution in [2.24, 2.45) is 0 Å². The maximum Gasteiger partial charge on any atom is 0.228 e. The number of aromatic nitrogens is 1. The van der Waals surface area contributed by atoms with Crippen molar-refractivity contribution >= 4 is 55.8 Å². The Kier molecular flexibility index (Phi) is 6.56. The van der Waals surface area contributed by atoms with Crippen LogP contribution in [0.25, 0.3) is 10.2 Å². The molecule has 0 atom stereocenters. The summed E-state index contributed by atoms with van der Waals surface area (Å²) < 4.78 is 11.4. The third kappa shape index (κ3) is 4.96. The fraction of sp³-hybridized carbons (Fsp3) is 0.250. The zero-order chi connectivity index (χ0) is 21.0. The average molecular weight is 434 g/mol. The second-order valence-corrected chi connectivity index (χ2v) is 7.57. The van der Waals surface area contributed by atoms with Crippen LogP contribution < -0.4 is 20.1 Å². The number of amides is 2. The number of nitrogens with one attached hydrogen (secondary N) is 2. The summed E-state index contributed by atoms with van der Waals surface area (Å²) in [4.78, 5) is 28.5. The van der Waals surface area contributed by atoms with E-state index in [1.807, 2.05) is 18.2 Å². The molecule has 0 aliphatic carbocycles. The zero-order valence-corrected chi connectivity index (χ0v) is 17.7. The lowest BCUT2D eigenvalue weighted by Crippen LogP contribution is -2.15. The van der Waals surface area contributed by atoms with E-state index in [2.05, 4.69) is 15.6 Å². The number of anilines is 2. The first-order valence-corrected chi connectivity index (χ1v) is 10.0. The largest absolute Gasteiger partial charge is 0.497 e. The van der Waals surface area contributed by atoms with Gasteiger partial charge in [-0.05, 0) is 17.7 Å². The summed E-state index contributed by atoms with van der Waals surface area (Å²) >= 11 is 7.63. The molecule has 3 aromatic rings. The maximum atomic E-state index is 12.6. The molecule has 1 aromatic heterocycles. The van der Waals surface area contributed by atoms with Gasteiger partial charge in [-0.25, -0.2) is 4.98 Å². The monoisotopic (exact) mass is 433 g/mol. The van der Waals surface area contributed by atoms with E-state index in [1.54, 1.807) is 19.1 Å². The van der Waals surface area contributed by atoms with Crippen molar-refractivity contribution in [2.45, 2.75) is 19.8 Å². The Morgan fingerprint density at radius 2 is 1.90 bits per heavy atom. The van der Waals surface area contributed by atoms with Gasteiger partial charge in [0.1, 0.15) is 17.2 Å². The first kappa shape index (κ1) is 20.9. The maximum absolute atomic E-state index is 12.6. The molecule has 3 rings (SSSR count). The average Bonchev–Trinajstić information content (AvgIpc) is 3.10. The van der Waals surface area contributed by atoms with Gasteiger partial charge in [-0.1, -0.05) is 35.9 Å². The molecule has 2 N–H and O–H groups in total. The molecule has 2 amide bonds. The van der Waals surface area contributed by atoms with Gasteiger partial charge in [0.05, 0.1) is 35.9 Å². The predicted octanol–water partition coefficient (Wildman–Crippen LogP) is 4.50. The van der Waals surface area contributed by atoms with Crippen molar-refractivity contribution in [3.63, 3.8) is 0 Å². The number of hydrogen-bond acceptors (Lipinski definition) is 6. The molecule has 0 radical (unpaired) electrons. The van der Waals surface area contributed by atoms with Crippen molar-refractivity contribution in [1.82, 2.24) is 4.98 Å². The van der Waals surface area contributed by atoms with Gasteiger partial charge in [0.15, 0.2) is 5.13 Å². The number of rotatable bonds is 7. The highest BCUT2D eigenvalue weighted by molar-refractivity contribution is 7.22. The van der Waals surface area contributed by atoms with Gasteiger partial charge >= 0.3 is 0 Å². The molecule has 0 unspecified atom stereocenters. The topological polar surface area (TPSA) is 89.6 Å². The van der Waals surface area contributed by atoms with Gasteiger partial charge in [0.2, 0.25) is 11.8 Å². The predicted molar refractivity (Wildman–Crippen MR) is 115 cm³/mol. The smallest absolute Gasteiger partial charge is 0.228 e. The zero-order valence-electron chi connectivity index (χ0n) is 16.2. The molecule has 0 fully saturated rings. The Balaban J connectivity index is 1.75. The van der Waals surface area contributed by atoms with E-state index < -0.39 is 0 Å². The molecule has 2 aromatic carbocycles. The Morgan fingerprint density at radius 3 is 2.59 bits per heavy atom. The Labute approximate surface area is 177 Å². The molecule has 152 valence electrons. The fourth-order valence-corrected chi connectivity index (χ4v) is 3.86. The third-order valence-electron chi connectivity index (χ3n) is 4.13. The number of halogens is 1. The second kappa shape index (κ2) is 9.11. The molecule has 0 spiro atoms. The highest BCUT2D eigenvalue weighted by atomic mass is 35.5. The van der Waals surface area contributed by atoms with Crippen LogP contribution in [-0.4, -0.2) is 31.0 Å². The van der Waals surface area contributed by atoms with Crippen LogP contribution in [0.2, 0.25) is 5.02 Å². The van der Waals surface area contributed by atoms with E-state index in [4.69, 9.17) is 21.1 Å². The summed E-state index contributed by atoms with van der Waals surface area (Å²) in [6, 6.07) is 8.81. The lowest BCUT2D eigenvalue weighted by atomic mass is 10.1. The minimum atomic E-state index is -0.237. The van der Waals surface area contributed by atoms with Gasteiger partial charge in [-0.15, -0.1) is 0 Å². The Morgan fingerprint density at radius 1 is 1.10 bits per heavy atom. The minimum absolute atomic E-state index is 0.0889. The van der Waals surface area contributed by atoms with Crippen molar-refractivity contribution in [1.29, 1.82) is 0 Å². The number of carbonyl (C=O) groups excluding carboxylic acids is 2. The van der Waals surface area contributed by atoms with Gasteiger partial charge in [-0.3, -0.25) is 9.59 Å². The van der Waals surface area contributed by atoms with Gasteiger partial charge in [0.25, 0.3) is 0 Å². The lowest BCUT2D eigenvalue weighted by Gasteiger charge is -2.13. The van der Waals surface area contributed by atoms with Crippen LogP contribution in [0.1, 0.15) is 18.9 Å². The molecule has 29 heavy (non-hydrogen) atoms. The van der Waals surface area contributed by atoms with Crippen molar-refractivity contribution < 1.29 is 19.1 Å². The molecule has 0 saturated heterocycles. The van der Waals surface area contributed by atoms with Crippen molar-refractivity contribution in [3.05, 3.63) is 40.9 Å². The van der Waals surface area contributed by atoms with Crippen LogP contribution in [0.15, 0.2) is 30.3 Å². The number of hydrogen-bond donors (Lipinski definition) is 2. The first-order valence-electron chi connectivity index (χ1n) is 8.84. The normalized spacial score (nSPS) is 10.6. The summed E-state index contributed by atoms with van der Waals surface area (Å²) in [7, 11) is 3.02. The summed E-state index contributed by atoms with van der Waals surface area (Å²) in [5.41, 5.74) is 1.98. The van der Waals surface area contributed by atoms with Crippen molar-refractivity contribution in [2.75, 3.05) is 24.9 Å². The summed E-state index contributed by atoms with van der Waals surface area (Å²) in [6.07, 6.45) is 0.536. The van der Waals surface area contributed by atoms with Crippen LogP contribution in [0.3, 0.4) is 0 Å². The SMILES string of the molecule is CCC(=O)Nc1nc2ccc(CC(=O)Nc3c(Cl)cc(OC)cc3OC)cc2s1. The van der Waals surface area contributed by atoms with E-state index in [0.29, 0.717) is 33.8 Å². The highest BCUT2D eigenvalue weighted by Gasteiger charge is 2.15. The number of ether oxygens (including phenoxy) is 2. The van der Waals surface area contributed by atoms with Crippen LogP contribution >= 0.6 is 22.9 Å². The third-order valence-corrected chi connectivity index (χ3v) is 5.36. The highest BCUT2D eigenvalue weighted by Crippen LogP contribution is 2.37. The van der Waals surface area contributed by atoms with Gasteiger partial charge < -0.3 is 20.1 Å². The molecule has 0 aliphatic rings. The molecule has 7 nitrogen and oxygen atoms in total. The molecule has 0 aliphatic heterocycles. The fourth-order valence-electron chi connectivity index (χ4n) is 2.67. The Bertz CT molecular complexity index is 1070. The number of thiazole rings is 1. The van der Waals surface area contributed by atoms with E-state index in [-0.39, 0.29) is 18.2 Å². The quantitative estimate of drug-likeness (QED) is 0.572. The van der Waals surface area contributed by atoms with Crippen LogP contribution in [0.4, 0.5) is 10.8 Å². The summed E-state index contributed by atoms with van der Waals surface area (Å²) in [5.74, 6) is 0.621. The molecule has 0 bridgehead atoms. The summed E-state index contributed by atoms with van der Waals surface area (Å²) in [6.45, 7) is 1.78. The Hall–Kier alpha value is -2.84. The minimum Gasteiger partial charge on any atom is -0.497 e.